The molecular weight excluding hydrogens is 461 g/mol. The number of pyridine rings is 1. The zero-order valence-electron chi connectivity index (χ0n) is 19.8. The number of rotatable bonds is 6. The van der Waals surface area contributed by atoms with E-state index in [1.165, 1.54) is 12.7 Å². The van der Waals surface area contributed by atoms with Crippen LogP contribution in [0.1, 0.15) is 17.5 Å². The molecule has 0 saturated carbocycles. The second-order valence-electron chi connectivity index (χ2n) is 9.08. The molecule has 1 saturated heterocycles. The van der Waals surface area contributed by atoms with Gasteiger partial charge in [-0.3, -0.25) is 4.90 Å². The summed E-state index contributed by atoms with van der Waals surface area (Å²) in [5.41, 5.74) is 10.3. The molecule has 1 aliphatic heterocycles. The molecule has 1 aromatic carbocycles. The molecule has 10 nitrogen and oxygen atoms in total. The van der Waals surface area contributed by atoms with Crippen LogP contribution in [-0.2, 0) is 6.54 Å². The first-order valence-corrected chi connectivity index (χ1v) is 11.8. The molecule has 0 amide bonds. The van der Waals surface area contributed by atoms with E-state index in [4.69, 9.17) is 10.5 Å². The highest BCUT2D eigenvalue weighted by Gasteiger charge is 2.27. The first kappa shape index (κ1) is 22.4. The third-order valence-corrected chi connectivity index (χ3v) is 6.52. The predicted octanol–water partition coefficient (Wildman–Crippen LogP) is 3.49. The second-order valence-corrected chi connectivity index (χ2v) is 9.08. The normalized spacial score (nSPS) is 18.6. The maximum absolute atomic E-state index is 14.2. The average Bonchev–Trinajstić information content (AvgIpc) is 3.50. The molecule has 5 aromatic rings. The number of aryl methyl sites for hydroxylation is 1. The number of aromatic nitrogens is 6. The van der Waals surface area contributed by atoms with E-state index in [1.54, 1.807) is 9.03 Å². The predicted molar refractivity (Wildman–Crippen MR) is 133 cm³/mol. The molecule has 1 aliphatic rings. The highest BCUT2D eigenvalue weighted by atomic mass is 19.1. The molecule has 3 N–H and O–H groups in total. The lowest BCUT2D eigenvalue weighted by Gasteiger charge is -2.32. The number of hydrogen-bond donors (Lipinski definition) is 2. The van der Waals surface area contributed by atoms with Crippen molar-refractivity contribution in [3.63, 3.8) is 0 Å². The minimum absolute atomic E-state index is 0.333. The smallest absolute Gasteiger partial charge is 0.158 e. The number of anilines is 2. The number of likely N-dealkylation sites (tertiary alicyclic amines) is 1. The van der Waals surface area contributed by atoms with Crippen molar-refractivity contribution in [1.82, 2.24) is 34.1 Å². The molecule has 36 heavy (non-hydrogen) atoms. The lowest BCUT2D eigenvalue weighted by atomic mass is 10.0. The molecule has 2 atom stereocenters. The summed E-state index contributed by atoms with van der Waals surface area (Å²) in [6.45, 7) is 3.69. The Kier molecular flexibility index (Phi) is 5.70. The molecular formula is C25H26FN9O. The summed E-state index contributed by atoms with van der Waals surface area (Å²) in [5.74, 6) is 2.11. The summed E-state index contributed by atoms with van der Waals surface area (Å²) >= 11 is 0. The molecule has 184 valence electrons. The van der Waals surface area contributed by atoms with E-state index in [0.717, 1.165) is 34.6 Å². The largest absolute Gasteiger partial charge is 0.457 e. The Bertz CT molecular complexity index is 1530. The van der Waals surface area contributed by atoms with Crippen molar-refractivity contribution in [2.75, 3.05) is 18.4 Å². The lowest BCUT2D eigenvalue weighted by Crippen LogP contribution is -2.48. The molecule has 1 fully saturated rings. The topological polar surface area (TPSA) is 111 Å². The van der Waals surface area contributed by atoms with E-state index in [2.05, 4.69) is 30.4 Å². The van der Waals surface area contributed by atoms with Gasteiger partial charge in [0.2, 0.25) is 0 Å². The van der Waals surface area contributed by atoms with Crippen molar-refractivity contribution < 1.29 is 9.13 Å². The molecule has 11 heteroatoms. The monoisotopic (exact) mass is 487 g/mol. The number of benzene rings is 1. The van der Waals surface area contributed by atoms with Crippen molar-refractivity contribution in [2.24, 2.45) is 5.73 Å². The fourth-order valence-electron chi connectivity index (χ4n) is 4.57. The van der Waals surface area contributed by atoms with E-state index in [9.17, 15) is 4.39 Å². The van der Waals surface area contributed by atoms with Crippen molar-refractivity contribution in [3.05, 3.63) is 72.6 Å². The highest BCUT2D eigenvalue weighted by Crippen LogP contribution is 2.30. The van der Waals surface area contributed by atoms with Crippen LogP contribution in [0, 0.1) is 6.92 Å². The van der Waals surface area contributed by atoms with Crippen molar-refractivity contribution in [1.29, 1.82) is 0 Å². The summed E-state index contributed by atoms with van der Waals surface area (Å²) in [6.07, 6.45) is 6.37. The second kappa shape index (κ2) is 9.17. The Morgan fingerprint density at radius 2 is 1.92 bits per heavy atom. The van der Waals surface area contributed by atoms with Crippen LogP contribution in [0.4, 0.5) is 15.9 Å². The molecule has 5 heterocycles. The zero-order chi connectivity index (χ0) is 24.6. The van der Waals surface area contributed by atoms with Gasteiger partial charge in [-0.1, -0.05) is 0 Å². The molecule has 0 unspecified atom stereocenters. The van der Waals surface area contributed by atoms with Crippen LogP contribution in [-0.4, -0.2) is 59.4 Å². The van der Waals surface area contributed by atoms with Gasteiger partial charge >= 0.3 is 0 Å². The van der Waals surface area contributed by atoms with Gasteiger partial charge in [-0.25, -0.2) is 23.4 Å². The minimum Gasteiger partial charge on any atom is -0.457 e. The van der Waals surface area contributed by atoms with Crippen molar-refractivity contribution in [3.8, 4) is 11.5 Å². The third kappa shape index (κ3) is 4.34. The summed E-state index contributed by atoms with van der Waals surface area (Å²) in [6, 6.07) is 11.2. The first-order valence-electron chi connectivity index (χ1n) is 11.8. The van der Waals surface area contributed by atoms with Gasteiger partial charge < -0.3 is 15.8 Å². The average molecular weight is 488 g/mol. The van der Waals surface area contributed by atoms with Gasteiger partial charge in [0.1, 0.15) is 35.8 Å². The number of alkyl halides is 1. The fraction of sp³-hybridized carbons (Fsp3) is 0.280. The Hall–Kier alpha value is -4.09. The summed E-state index contributed by atoms with van der Waals surface area (Å²) in [5, 5.41) is 11.9. The van der Waals surface area contributed by atoms with Gasteiger partial charge in [0.05, 0.1) is 0 Å². The van der Waals surface area contributed by atoms with Crippen LogP contribution in [0.2, 0.25) is 0 Å². The lowest BCUT2D eigenvalue weighted by molar-refractivity contribution is 0.114. The van der Waals surface area contributed by atoms with Gasteiger partial charge in [0, 0.05) is 49.8 Å². The number of nitrogens with zero attached hydrogens (tertiary/aromatic N) is 7. The molecule has 4 aromatic heterocycles. The van der Waals surface area contributed by atoms with Crippen LogP contribution in [0.5, 0.6) is 11.5 Å². The maximum atomic E-state index is 14.2. The molecule has 0 spiro atoms. The Labute approximate surface area is 206 Å². The number of nitrogens with two attached hydrogens (primary N) is 1. The minimum atomic E-state index is -1.01. The Morgan fingerprint density at radius 3 is 2.78 bits per heavy atom. The number of hydrogen-bond acceptors (Lipinski definition) is 8. The van der Waals surface area contributed by atoms with E-state index >= 15 is 0 Å². The molecule has 6 rings (SSSR count). The van der Waals surface area contributed by atoms with Gasteiger partial charge in [-0.05, 0) is 54.8 Å². The van der Waals surface area contributed by atoms with Crippen LogP contribution >= 0.6 is 0 Å². The SMILES string of the molecule is Cc1cc(Nc2ncnn3ccc(CN4CC[C@@H](N)[C@@H](F)C4)c23)ccc1Oc1ccn2ncnc2c1. The Morgan fingerprint density at radius 1 is 1.08 bits per heavy atom. The summed E-state index contributed by atoms with van der Waals surface area (Å²) < 4.78 is 23.7. The molecule has 0 aliphatic carbocycles. The molecule has 0 bridgehead atoms. The van der Waals surface area contributed by atoms with Gasteiger partial charge in [-0.15, -0.1) is 0 Å². The van der Waals surface area contributed by atoms with E-state index in [-0.39, 0.29) is 6.04 Å². The van der Waals surface area contributed by atoms with Crippen LogP contribution in [0.3, 0.4) is 0 Å². The van der Waals surface area contributed by atoms with Crippen LogP contribution in [0.15, 0.2) is 61.4 Å². The van der Waals surface area contributed by atoms with Gasteiger partial charge in [0.15, 0.2) is 11.5 Å². The Balaban J connectivity index is 1.22. The highest BCUT2D eigenvalue weighted by molar-refractivity contribution is 5.76. The quantitative estimate of drug-likeness (QED) is 0.375. The number of nitrogens with one attached hydrogen (secondary N) is 1. The van der Waals surface area contributed by atoms with E-state index < -0.39 is 6.17 Å². The summed E-state index contributed by atoms with van der Waals surface area (Å²) in [7, 11) is 0. The zero-order valence-corrected chi connectivity index (χ0v) is 19.8. The first-order chi connectivity index (χ1) is 17.5. The molecule has 0 radical (unpaired) electrons. The van der Waals surface area contributed by atoms with Gasteiger partial charge in [0.25, 0.3) is 0 Å². The maximum Gasteiger partial charge on any atom is 0.158 e. The van der Waals surface area contributed by atoms with Crippen molar-refractivity contribution >= 4 is 22.7 Å². The standard InChI is InChI=1S/C25H26FN9O/c1-16-10-18(2-3-22(16)36-19-5-9-34-23(11-19)28-14-30-34)32-25-24-17(4-8-35(24)31-15-29-25)12-33-7-6-21(27)20(26)13-33/h2-5,8-11,14-15,20-21H,6-7,12-13,27H2,1H3,(H,29,31,32)/t20-,21+/m0/s1. The van der Waals surface area contributed by atoms with E-state index in [0.29, 0.717) is 36.7 Å². The third-order valence-electron chi connectivity index (χ3n) is 6.52. The number of ether oxygens (including phenoxy) is 1. The summed E-state index contributed by atoms with van der Waals surface area (Å²) in [4.78, 5) is 10.8. The number of fused-ring (bicyclic) bond motifs is 2. The van der Waals surface area contributed by atoms with E-state index in [1.807, 2.05) is 55.7 Å². The van der Waals surface area contributed by atoms with Crippen LogP contribution < -0.4 is 15.8 Å². The van der Waals surface area contributed by atoms with Crippen molar-refractivity contribution in [2.45, 2.75) is 32.1 Å². The fourth-order valence-corrected chi connectivity index (χ4v) is 4.57. The number of piperidine rings is 1. The van der Waals surface area contributed by atoms with Gasteiger partial charge in [-0.2, -0.15) is 10.2 Å². The number of halogens is 1. The van der Waals surface area contributed by atoms with Crippen LogP contribution in [0.25, 0.3) is 11.2 Å².